The van der Waals surface area contributed by atoms with Gasteiger partial charge in [0.05, 0.1) is 6.61 Å². The monoisotopic (exact) mass is 286 g/mol. The molecule has 0 aliphatic heterocycles. The first-order valence-electron chi connectivity index (χ1n) is 6.30. The molecule has 108 valence electrons. The van der Waals surface area contributed by atoms with E-state index < -0.39 is 6.09 Å². The lowest BCUT2D eigenvalue weighted by atomic mass is 10.1. The van der Waals surface area contributed by atoms with Crippen LogP contribution in [0.15, 0.2) is 24.3 Å². The average Bonchev–Trinajstić information content (AvgIpc) is 2.31. The van der Waals surface area contributed by atoms with E-state index in [4.69, 9.17) is 4.74 Å². The molecule has 0 atom stereocenters. The summed E-state index contributed by atoms with van der Waals surface area (Å²) < 4.78 is 4.89. The summed E-state index contributed by atoms with van der Waals surface area (Å²) >= 11 is 0. The number of ether oxygens (including phenoxy) is 1. The van der Waals surface area contributed by atoms with Crippen LogP contribution in [0.25, 0.3) is 0 Å². The highest BCUT2D eigenvalue weighted by atomic mass is 35.5. The van der Waals surface area contributed by atoms with Gasteiger partial charge in [0, 0.05) is 5.69 Å². The molecule has 0 bridgehead atoms. The fourth-order valence-electron chi connectivity index (χ4n) is 1.72. The first-order valence-corrected chi connectivity index (χ1v) is 6.30. The van der Waals surface area contributed by atoms with E-state index in [0.717, 1.165) is 30.6 Å². The number of para-hydroxylation sites is 1. The summed E-state index contributed by atoms with van der Waals surface area (Å²) in [7, 11) is 4.12. The van der Waals surface area contributed by atoms with Crippen molar-refractivity contribution >= 4 is 24.2 Å². The molecule has 1 aromatic carbocycles. The normalized spacial score (nSPS) is 9.89. The molecule has 0 fully saturated rings. The van der Waals surface area contributed by atoms with Crippen LogP contribution in [-0.4, -0.2) is 38.2 Å². The highest BCUT2D eigenvalue weighted by Crippen LogP contribution is 2.17. The Kier molecular flexibility index (Phi) is 9.00. The number of carbonyl (C=O) groups excluding carboxylic acids is 1. The van der Waals surface area contributed by atoms with Gasteiger partial charge in [-0.3, -0.25) is 5.32 Å². The molecule has 0 aliphatic carbocycles. The number of anilines is 1. The van der Waals surface area contributed by atoms with Gasteiger partial charge in [-0.2, -0.15) is 0 Å². The Morgan fingerprint density at radius 2 is 2.00 bits per heavy atom. The Hall–Kier alpha value is -1.26. The van der Waals surface area contributed by atoms with E-state index >= 15 is 0 Å². The van der Waals surface area contributed by atoms with E-state index in [1.165, 1.54) is 0 Å². The van der Waals surface area contributed by atoms with E-state index in [9.17, 15) is 4.79 Å². The zero-order chi connectivity index (χ0) is 13.4. The van der Waals surface area contributed by atoms with Crippen LogP contribution < -0.4 is 5.32 Å². The van der Waals surface area contributed by atoms with Crippen molar-refractivity contribution < 1.29 is 9.53 Å². The predicted molar refractivity (Wildman–Crippen MR) is 81.2 cm³/mol. The topological polar surface area (TPSA) is 41.6 Å². The predicted octanol–water partition coefficient (Wildman–Crippen LogP) is 3.17. The lowest BCUT2D eigenvalue weighted by Gasteiger charge is -2.12. The molecule has 0 saturated heterocycles. The highest BCUT2D eigenvalue weighted by molar-refractivity contribution is 5.85. The number of nitrogens with one attached hydrogen (secondary N) is 1. The maximum absolute atomic E-state index is 11.4. The lowest BCUT2D eigenvalue weighted by molar-refractivity contribution is 0.168. The summed E-state index contributed by atoms with van der Waals surface area (Å²) in [4.78, 5) is 13.6. The molecule has 1 rings (SSSR count). The Bertz CT molecular complexity index is 383. The number of rotatable bonds is 6. The van der Waals surface area contributed by atoms with Crippen LogP contribution in [0, 0.1) is 0 Å². The van der Waals surface area contributed by atoms with Gasteiger partial charge in [0.1, 0.15) is 0 Å². The summed E-state index contributed by atoms with van der Waals surface area (Å²) in [5, 5.41) is 2.77. The van der Waals surface area contributed by atoms with Crippen LogP contribution in [0.3, 0.4) is 0 Å². The van der Waals surface area contributed by atoms with Gasteiger partial charge < -0.3 is 9.64 Å². The largest absolute Gasteiger partial charge is 0.450 e. The summed E-state index contributed by atoms with van der Waals surface area (Å²) in [5.74, 6) is 0. The van der Waals surface area contributed by atoms with Gasteiger partial charge in [0.25, 0.3) is 0 Å². The van der Waals surface area contributed by atoms with Gasteiger partial charge in [-0.05, 0) is 52.0 Å². The van der Waals surface area contributed by atoms with Crippen LogP contribution in [0.1, 0.15) is 18.9 Å². The molecule has 0 aromatic heterocycles. The Labute approximate surface area is 121 Å². The summed E-state index contributed by atoms with van der Waals surface area (Å²) in [5.41, 5.74) is 1.99. The molecule has 5 heteroatoms. The minimum absolute atomic E-state index is 0. The summed E-state index contributed by atoms with van der Waals surface area (Å²) in [6.45, 7) is 3.21. The molecule has 1 N–H and O–H groups in total. The number of aryl methyl sites for hydroxylation is 1. The fourth-order valence-corrected chi connectivity index (χ4v) is 1.72. The van der Waals surface area contributed by atoms with E-state index in [1.54, 1.807) is 6.92 Å². The van der Waals surface area contributed by atoms with Gasteiger partial charge in [-0.25, -0.2) is 4.79 Å². The minimum Gasteiger partial charge on any atom is -0.450 e. The van der Waals surface area contributed by atoms with E-state index in [1.807, 2.05) is 24.3 Å². The fraction of sp³-hybridized carbons (Fsp3) is 0.500. The lowest BCUT2D eigenvalue weighted by Crippen LogP contribution is -2.16. The van der Waals surface area contributed by atoms with E-state index in [2.05, 4.69) is 24.3 Å². The van der Waals surface area contributed by atoms with E-state index in [-0.39, 0.29) is 12.4 Å². The molecule has 4 nitrogen and oxygen atoms in total. The highest BCUT2D eigenvalue weighted by Gasteiger charge is 2.06. The maximum atomic E-state index is 11.4. The van der Waals surface area contributed by atoms with Crippen molar-refractivity contribution in [2.24, 2.45) is 0 Å². The third kappa shape index (κ3) is 7.03. The quantitative estimate of drug-likeness (QED) is 0.873. The maximum Gasteiger partial charge on any atom is 0.411 e. The molecule has 0 spiro atoms. The molecule has 19 heavy (non-hydrogen) atoms. The van der Waals surface area contributed by atoms with Crippen molar-refractivity contribution in [3.05, 3.63) is 29.8 Å². The summed E-state index contributed by atoms with van der Waals surface area (Å²) in [6, 6.07) is 7.84. The number of carbonyl (C=O) groups is 1. The standard InChI is InChI=1S/C14H22N2O2.ClH/c1-4-18-14(17)15-13-10-6-5-8-12(13)9-7-11-16(2)3;/h5-6,8,10H,4,7,9,11H2,1-3H3,(H,15,17);1H. The number of hydrogen-bond donors (Lipinski definition) is 1. The van der Waals surface area contributed by atoms with Crippen LogP contribution >= 0.6 is 12.4 Å². The van der Waals surface area contributed by atoms with Crippen molar-refractivity contribution in [1.29, 1.82) is 0 Å². The van der Waals surface area contributed by atoms with Gasteiger partial charge in [-0.15, -0.1) is 12.4 Å². The molecule has 0 aliphatic rings. The molecule has 0 saturated carbocycles. The number of amides is 1. The van der Waals surface area contributed by atoms with Crippen LogP contribution in [0.2, 0.25) is 0 Å². The van der Waals surface area contributed by atoms with E-state index in [0.29, 0.717) is 6.61 Å². The molecule has 1 aromatic rings. The number of nitrogens with zero attached hydrogens (tertiary/aromatic N) is 1. The van der Waals surface area contributed by atoms with Crippen molar-refractivity contribution in [3.63, 3.8) is 0 Å². The molecular weight excluding hydrogens is 264 g/mol. The SMILES string of the molecule is CCOC(=O)Nc1ccccc1CCCN(C)C.Cl. The smallest absolute Gasteiger partial charge is 0.411 e. The Morgan fingerprint density at radius 1 is 1.32 bits per heavy atom. The van der Waals surface area contributed by atoms with Crippen molar-refractivity contribution in [3.8, 4) is 0 Å². The second-order valence-corrected chi connectivity index (χ2v) is 4.41. The van der Waals surface area contributed by atoms with Gasteiger partial charge >= 0.3 is 6.09 Å². The zero-order valence-corrected chi connectivity index (χ0v) is 12.6. The Balaban J connectivity index is 0.00000324. The zero-order valence-electron chi connectivity index (χ0n) is 11.8. The van der Waals surface area contributed by atoms with Crippen LogP contribution in [0.4, 0.5) is 10.5 Å². The van der Waals surface area contributed by atoms with Crippen molar-refractivity contribution in [2.75, 3.05) is 32.6 Å². The van der Waals surface area contributed by atoms with Gasteiger partial charge in [0.2, 0.25) is 0 Å². The second-order valence-electron chi connectivity index (χ2n) is 4.41. The Morgan fingerprint density at radius 3 is 2.63 bits per heavy atom. The van der Waals surface area contributed by atoms with Gasteiger partial charge in [-0.1, -0.05) is 18.2 Å². The first-order chi connectivity index (χ1) is 8.63. The third-order valence-corrected chi connectivity index (χ3v) is 2.58. The third-order valence-electron chi connectivity index (χ3n) is 2.58. The minimum atomic E-state index is -0.391. The number of halogens is 1. The molecule has 0 radical (unpaired) electrons. The number of benzene rings is 1. The first kappa shape index (κ1) is 17.7. The van der Waals surface area contributed by atoms with Crippen LogP contribution in [0.5, 0.6) is 0 Å². The average molecular weight is 287 g/mol. The molecule has 0 heterocycles. The van der Waals surface area contributed by atoms with Gasteiger partial charge in [0.15, 0.2) is 0 Å². The molecule has 1 amide bonds. The molecular formula is C14H23ClN2O2. The molecule has 0 unspecified atom stereocenters. The van der Waals surface area contributed by atoms with Crippen LogP contribution in [-0.2, 0) is 11.2 Å². The summed E-state index contributed by atoms with van der Waals surface area (Å²) in [6.07, 6.45) is 1.62. The van der Waals surface area contributed by atoms with Crippen molar-refractivity contribution in [1.82, 2.24) is 4.90 Å². The second kappa shape index (κ2) is 9.64. The van der Waals surface area contributed by atoms with Crippen molar-refractivity contribution in [2.45, 2.75) is 19.8 Å². The number of hydrogen-bond acceptors (Lipinski definition) is 3.